The predicted octanol–water partition coefficient (Wildman–Crippen LogP) is 10.1. The first kappa shape index (κ1) is 32.8. The molecule has 0 aliphatic heterocycles. The fourth-order valence-electron chi connectivity index (χ4n) is 6.27. The van der Waals surface area contributed by atoms with Crippen LogP contribution in [-0.2, 0) is 17.1 Å². The van der Waals surface area contributed by atoms with Crippen molar-refractivity contribution in [3.05, 3.63) is 200 Å². The van der Waals surface area contributed by atoms with E-state index in [4.69, 9.17) is 0 Å². The van der Waals surface area contributed by atoms with E-state index in [1.165, 1.54) is 53.6 Å². The van der Waals surface area contributed by atoms with E-state index in [2.05, 4.69) is 171 Å². The van der Waals surface area contributed by atoms with Crippen molar-refractivity contribution in [2.45, 2.75) is 12.6 Å². The van der Waals surface area contributed by atoms with Crippen LogP contribution in [0.5, 0.6) is 0 Å². The topological polar surface area (TPSA) is 0 Å². The third-order valence-electron chi connectivity index (χ3n) is 8.51. The molecule has 8 aromatic rings. The van der Waals surface area contributed by atoms with Crippen molar-refractivity contribution >= 4 is 63.9 Å². The largest absolute Gasteiger partial charge is 0.748 e. The van der Waals surface area contributed by atoms with Crippen LogP contribution < -0.4 is 26.5 Å². The average Bonchev–Trinajstić information content (AvgIpc) is 3.86. The van der Waals surface area contributed by atoms with Gasteiger partial charge in [0, 0.05) is 17.1 Å². The van der Waals surface area contributed by atoms with E-state index < -0.39 is 15.8 Å². The van der Waals surface area contributed by atoms with Gasteiger partial charge in [-0.05, 0) is 76.4 Å². The zero-order chi connectivity index (χ0) is 31.1. The molecule has 0 heterocycles. The van der Waals surface area contributed by atoms with E-state index in [1.807, 2.05) is 30.3 Å². The molecule has 0 aromatic heterocycles. The van der Waals surface area contributed by atoms with Crippen molar-refractivity contribution < 1.29 is 17.1 Å². The molecule has 0 N–H and O–H groups in total. The molecule has 3 heteroatoms. The molecule has 0 saturated carbocycles. The molecule has 236 valence electrons. The van der Waals surface area contributed by atoms with Gasteiger partial charge in [0.2, 0.25) is 0 Å². The van der Waals surface area contributed by atoms with Gasteiger partial charge in [-0.25, -0.2) is 12.1 Å². The van der Waals surface area contributed by atoms with Crippen LogP contribution in [0.4, 0.5) is 0 Å². The van der Waals surface area contributed by atoms with Crippen LogP contribution in [0.2, 0.25) is 0 Å². The van der Waals surface area contributed by atoms with Gasteiger partial charge < -0.3 is 30.3 Å². The normalized spacial score (nSPS) is 11.6. The van der Waals surface area contributed by atoms with Crippen molar-refractivity contribution in [2.75, 3.05) is 0 Å². The van der Waals surface area contributed by atoms with Gasteiger partial charge in [-0.2, -0.15) is 6.07 Å². The van der Waals surface area contributed by atoms with Crippen molar-refractivity contribution in [1.29, 1.82) is 0 Å². The van der Waals surface area contributed by atoms with Gasteiger partial charge in [0.1, 0.15) is 0 Å². The zero-order valence-electron chi connectivity index (χ0n) is 26.3. The summed E-state index contributed by atoms with van der Waals surface area (Å²) in [6.07, 6.45) is 0. The Bertz CT molecular complexity index is 2000. The van der Waals surface area contributed by atoms with Crippen LogP contribution in [0.15, 0.2) is 194 Å². The maximum absolute atomic E-state index is 2.46. The second-order valence-electron chi connectivity index (χ2n) is 11.4. The molecule has 0 spiro atoms. The average molecular weight is 683 g/mol. The Kier molecular flexibility index (Phi) is 11.0. The zero-order valence-corrected chi connectivity index (χ0v) is 29.2. The van der Waals surface area contributed by atoms with Crippen molar-refractivity contribution in [2.24, 2.45) is 0 Å². The van der Waals surface area contributed by atoms with Gasteiger partial charge in [-0.15, -0.1) is 10.9 Å². The molecular formula is C44H36FeP2-6. The van der Waals surface area contributed by atoms with E-state index in [0.29, 0.717) is 5.66 Å². The van der Waals surface area contributed by atoms with Crippen molar-refractivity contribution in [3.8, 4) is 0 Å². The summed E-state index contributed by atoms with van der Waals surface area (Å²) in [6.45, 7) is 2.46. The number of rotatable bonds is 7. The maximum atomic E-state index is 2.46. The van der Waals surface area contributed by atoms with Gasteiger partial charge in [0.25, 0.3) is 0 Å². The summed E-state index contributed by atoms with van der Waals surface area (Å²) < 4.78 is 0. The molecule has 0 aliphatic carbocycles. The fourth-order valence-corrected chi connectivity index (χ4v) is 11.7. The molecule has 0 saturated heterocycles. The molecule has 0 nitrogen and oxygen atoms in total. The van der Waals surface area contributed by atoms with Crippen LogP contribution >= 0.6 is 15.8 Å². The molecule has 0 amide bonds. The Balaban J connectivity index is 0.000000591. The van der Waals surface area contributed by atoms with Crippen molar-refractivity contribution in [3.63, 3.8) is 0 Å². The molecule has 0 fully saturated rings. The Hall–Kier alpha value is -4.08. The van der Waals surface area contributed by atoms with E-state index in [-0.39, 0.29) is 17.1 Å². The summed E-state index contributed by atoms with van der Waals surface area (Å²) in [6, 6.07) is 70.9. The van der Waals surface area contributed by atoms with Gasteiger partial charge in [-0.1, -0.05) is 140 Å². The minimum atomic E-state index is -0.677. The molecule has 1 atom stereocenters. The Morgan fingerprint density at radius 1 is 0.447 bits per heavy atom. The standard InChI is InChI=1S/C39H31P2.C5H5.Fe/c1-29(38-21-12-22-39(38)41(34-17-4-2-5-18-34)35-19-6-3-7-20-35)40(36-25-23-30-13-8-10-15-32(30)27-36)37-26-24-31-14-9-11-16-33(31)28-37;1-2-4-5-3-1;/h2-29H,1H3;1-5H;/q-1;-5;. The number of hydrogen-bond acceptors (Lipinski definition) is 0. The SMILES string of the molecule is CC([c-]1cccc1P(c1ccccc1)c1ccccc1)P(c1ccc2ccccc2c1)c1ccc2ccccc2c1.[Fe].[cH-]1[cH-][cH-][cH-][cH-]1. The van der Waals surface area contributed by atoms with Gasteiger partial charge >= 0.3 is 0 Å². The second kappa shape index (κ2) is 15.7. The first-order valence-electron chi connectivity index (χ1n) is 15.9. The number of fused-ring (bicyclic) bond motifs is 2. The van der Waals surface area contributed by atoms with E-state index >= 15 is 0 Å². The summed E-state index contributed by atoms with van der Waals surface area (Å²) in [5, 5.41) is 12.3. The van der Waals surface area contributed by atoms with Crippen LogP contribution in [0.3, 0.4) is 0 Å². The predicted molar refractivity (Wildman–Crippen MR) is 205 cm³/mol. The first-order chi connectivity index (χ1) is 22.8. The Morgan fingerprint density at radius 3 is 1.34 bits per heavy atom. The molecule has 8 rings (SSSR count). The maximum Gasteiger partial charge on any atom is 0 e. The first-order valence-corrected chi connectivity index (χ1v) is 18.6. The van der Waals surface area contributed by atoms with Gasteiger partial charge in [-0.3, -0.25) is 0 Å². The molecule has 8 aromatic carbocycles. The molecule has 0 aliphatic rings. The molecule has 1 unspecified atom stereocenters. The summed E-state index contributed by atoms with van der Waals surface area (Å²) in [4.78, 5) is 0. The minimum Gasteiger partial charge on any atom is -0.748 e. The molecule has 0 radical (unpaired) electrons. The van der Waals surface area contributed by atoms with Crippen LogP contribution in [0, 0.1) is 0 Å². The Labute approximate surface area is 291 Å². The third-order valence-corrected chi connectivity index (χ3v) is 13.8. The summed E-state index contributed by atoms with van der Waals surface area (Å²) >= 11 is 0. The Morgan fingerprint density at radius 2 is 0.872 bits per heavy atom. The summed E-state index contributed by atoms with van der Waals surface area (Å²) in [5.74, 6) is 0. The van der Waals surface area contributed by atoms with E-state index in [9.17, 15) is 0 Å². The summed E-state index contributed by atoms with van der Waals surface area (Å²) in [7, 11) is -1.35. The summed E-state index contributed by atoms with van der Waals surface area (Å²) in [5.41, 5.74) is 1.81. The second-order valence-corrected chi connectivity index (χ2v) is 16.2. The van der Waals surface area contributed by atoms with Gasteiger partial charge in [0.05, 0.1) is 0 Å². The molecule has 47 heavy (non-hydrogen) atoms. The smallest absolute Gasteiger partial charge is 0 e. The minimum absolute atomic E-state index is 0. The number of hydrogen-bond donors (Lipinski definition) is 0. The quantitative estimate of drug-likeness (QED) is 0.0892. The molecule has 0 bridgehead atoms. The van der Waals surface area contributed by atoms with Gasteiger partial charge in [0.15, 0.2) is 0 Å². The monoisotopic (exact) mass is 682 g/mol. The molecular weight excluding hydrogens is 646 g/mol. The third kappa shape index (κ3) is 7.41. The van der Waals surface area contributed by atoms with Crippen LogP contribution in [0.25, 0.3) is 21.5 Å². The number of benzene rings is 6. The van der Waals surface area contributed by atoms with E-state index in [1.54, 1.807) is 0 Å². The van der Waals surface area contributed by atoms with E-state index in [0.717, 1.165) is 0 Å². The fraction of sp³-hybridized carbons (Fsp3) is 0.0455. The van der Waals surface area contributed by atoms with Crippen LogP contribution in [-0.4, -0.2) is 0 Å². The van der Waals surface area contributed by atoms with Crippen molar-refractivity contribution in [1.82, 2.24) is 0 Å². The van der Waals surface area contributed by atoms with Crippen LogP contribution in [0.1, 0.15) is 18.1 Å².